The highest BCUT2D eigenvalue weighted by Crippen LogP contribution is 2.22. The van der Waals surface area contributed by atoms with Crippen molar-refractivity contribution < 1.29 is 9.53 Å². The van der Waals surface area contributed by atoms with Crippen LogP contribution in [0, 0.1) is 0 Å². The maximum Gasteiger partial charge on any atom is 0.239 e. The third kappa shape index (κ3) is 3.42. The molecule has 1 aromatic rings. The van der Waals surface area contributed by atoms with Gasteiger partial charge >= 0.3 is 0 Å². The van der Waals surface area contributed by atoms with Crippen LogP contribution in [0.25, 0.3) is 0 Å². The Hall–Kier alpha value is -1.78. The monoisotopic (exact) mass is 223 g/mol. The predicted octanol–water partition coefficient (Wildman–Crippen LogP) is 1.15. The minimum atomic E-state index is -0.460. The number of ether oxygens (including phenoxy) is 1. The summed E-state index contributed by atoms with van der Waals surface area (Å²) in [7, 11) is 0. The zero-order valence-corrected chi connectivity index (χ0v) is 9.73. The highest BCUT2D eigenvalue weighted by Gasteiger charge is 2.12. The third-order valence-corrected chi connectivity index (χ3v) is 1.92. The Bertz CT molecular complexity index is 366. The van der Waals surface area contributed by atoms with Crippen LogP contribution in [0.1, 0.15) is 20.8 Å². The molecule has 0 saturated heterocycles. The SMILES string of the molecule is CC(C)Oc1ncccc1NC(C)C(N)=O. The fourth-order valence-electron chi connectivity index (χ4n) is 1.12. The number of pyridine rings is 1. The Morgan fingerprint density at radius 3 is 2.75 bits per heavy atom. The predicted molar refractivity (Wildman–Crippen MR) is 62.3 cm³/mol. The van der Waals surface area contributed by atoms with Crippen molar-refractivity contribution in [1.82, 2.24) is 4.98 Å². The van der Waals surface area contributed by atoms with Crippen molar-refractivity contribution in [3.8, 4) is 5.88 Å². The number of aromatic nitrogens is 1. The molecule has 1 aromatic heterocycles. The number of hydrogen-bond donors (Lipinski definition) is 2. The number of nitrogens with one attached hydrogen (secondary N) is 1. The number of hydrogen-bond acceptors (Lipinski definition) is 4. The van der Waals surface area contributed by atoms with Crippen LogP contribution in [0.2, 0.25) is 0 Å². The van der Waals surface area contributed by atoms with Crippen molar-refractivity contribution in [3.05, 3.63) is 18.3 Å². The second-order valence-corrected chi connectivity index (χ2v) is 3.79. The van der Waals surface area contributed by atoms with E-state index in [0.29, 0.717) is 11.6 Å². The normalized spacial score (nSPS) is 12.2. The van der Waals surface area contributed by atoms with Crippen LogP contribution < -0.4 is 15.8 Å². The average molecular weight is 223 g/mol. The van der Waals surface area contributed by atoms with Gasteiger partial charge in [-0.05, 0) is 32.9 Å². The van der Waals surface area contributed by atoms with E-state index >= 15 is 0 Å². The molecule has 0 bridgehead atoms. The molecule has 1 heterocycles. The Labute approximate surface area is 95.0 Å². The Balaban J connectivity index is 2.82. The minimum Gasteiger partial charge on any atom is -0.473 e. The summed E-state index contributed by atoms with van der Waals surface area (Å²) >= 11 is 0. The molecule has 88 valence electrons. The van der Waals surface area contributed by atoms with E-state index in [2.05, 4.69) is 10.3 Å². The number of rotatable bonds is 5. The van der Waals surface area contributed by atoms with Gasteiger partial charge in [-0.25, -0.2) is 4.98 Å². The molecule has 3 N–H and O–H groups in total. The van der Waals surface area contributed by atoms with Gasteiger partial charge in [0.05, 0.1) is 11.8 Å². The van der Waals surface area contributed by atoms with Gasteiger partial charge in [0.15, 0.2) is 0 Å². The van der Waals surface area contributed by atoms with Crippen LogP contribution in [0.15, 0.2) is 18.3 Å². The number of anilines is 1. The standard InChI is InChI=1S/C11H17N3O2/c1-7(2)16-11-9(5-4-6-13-11)14-8(3)10(12)15/h4-8,14H,1-3H3,(H2,12,15). The van der Waals surface area contributed by atoms with E-state index in [-0.39, 0.29) is 6.10 Å². The first-order valence-corrected chi connectivity index (χ1v) is 5.18. The molecule has 5 heteroatoms. The first kappa shape index (κ1) is 12.3. The second-order valence-electron chi connectivity index (χ2n) is 3.79. The van der Waals surface area contributed by atoms with E-state index in [9.17, 15) is 4.79 Å². The molecule has 0 spiro atoms. The third-order valence-electron chi connectivity index (χ3n) is 1.92. The topological polar surface area (TPSA) is 77.2 Å². The van der Waals surface area contributed by atoms with E-state index in [1.807, 2.05) is 13.8 Å². The van der Waals surface area contributed by atoms with Gasteiger partial charge in [0.1, 0.15) is 6.04 Å². The van der Waals surface area contributed by atoms with Crippen LogP contribution in [0.5, 0.6) is 5.88 Å². The van der Waals surface area contributed by atoms with Gasteiger partial charge in [-0.2, -0.15) is 0 Å². The van der Waals surface area contributed by atoms with Crippen LogP contribution in [-0.2, 0) is 4.79 Å². The molecule has 0 aromatic carbocycles. The molecule has 0 aliphatic rings. The lowest BCUT2D eigenvalue weighted by molar-refractivity contribution is -0.118. The molecular weight excluding hydrogens is 206 g/mol. The lowest BCUT2D eigenvalue weighted by atomic mass is 10.3. The van der Waals surface area contributed by atoms with Crippen LogP contribution in [0.3, 0.4) is 0 Å². The first-order valence-electron chi connectivity index (χ1n) is 5.18. The van der Waals surface area contributed by atoms with Crippen molar-refractivity contribution in [2.75, 3.05) is 5.32 Å². The van der Waals surface area contributed by atoms with Crippen LogP contribution in [-0.4, -0.2) is 23.0 Å². The van der Waals surface area contributed by atoms with Gasteiger partial charge in [0, 0.05) is 6.20 Å². The van der Waals surface area contributed by atoms with Crippen LogP contribution in [0.4, 0.5) is 5.69 Å². The zero-order valence-electron chi connectivity index (χ0n) is 9.73. The molecule has 0 saturated carbocycles. The van der Waals surface area contributed by atoms with E-state index < -0.39 is 11.9 Å². The summed E-state index contributed by atoms with van der Waals surface area (Å²) in [5.74, 6) is 0.0601. The van der Waals surface area contributed by atoms with Gasteiger partial charge in [-0.3, -0.25) is 4.79 Å². The number of carbonyl (C=O) groups is 1. The number of carbonyl (C=O) groups excluding carboxylic acids is 1. The largest absolute Gasteiger partial charge is 0.473 e. The summed E-state index contributed by atoms with van der Waals surface area (Å²) in [5.41, 5.74) is 5.84. The van der Waals surface area contributed by atoms with Crippen LogP contribution >= 0.6 is 0 Å². The molecular formula is C11H17N3O2. The van der Waals surface area contributed by atoms with Gasteiger partial charge in [0.2, 0.25) is 11.8 Å². The van der Waals surface area contributed by atoms with Gasteiger partial charge in [-0.15, -0.1) is 0 Å². The van der Waals surface area contributed by atoms with Gasteiger partial charge in [-0.1, -0.05) is 0 Å². The molecule has 1 atom stereocenters. The molecule has 0 radical (unpaired) electrons. The van der Waals surface area contributed by atoms with Crippen molar-refractivity contribution in [1.29, 1.82) is 0 Å². The van der Waals surface area contributed by atoms with Crippen molar-refractivity contribution >= 4 is 11.6 Å². The number of amides is 1. The molecule has 1 amide bonds. The van der Waals surface area contributed by atoms with Crippen molar-refractivity contribution in [2.24, 2.45) is 5.73 Å². The molecule has 1 unspecified atom stereocenters. The summed E-state index contributed by atoms with van der Waals surface area (Å²) in [5, 5.41) is 2.95. The molecule has 1 rings (SSSR count). The summed E-state index contributed by atoms with van der Waals surface area (Å²) in [6.07, 6.45) is 1.66. The highest BCUT2D eigenvalue weighted by atomic mass is 16.5. The summed E-state index contributed by atoms with van der Waals surface area (Å²) in [4.78, 5) is 15.0. The highest BCUT2D eigenvalue weighted by molar-refractivity contribution is 5.82. The second kappa shape index (κ2) is 5.34. The summed E-state index contributed by atoms with van der Waals surface area (Å²) in [6, 6.07) is 3.10. The number of nitrogens with zero attached hydrogens (tertiary/aromatic N) is 1. The Morgan fingerprint density at radius 1 is 1.50 bits per heavy atom. The smallest absolute Gasteiger partial charge is 0.239 e. The van der Waals surface area contributed by atoms with Gasteiger partial charge < -0.3 is 15.8 Å². The van der Waals surface area contributed by atoms with Crippen molar-refractivity contribution in [3.63, 3.8) is 0 Å². The fraction of sp³-hybridized carbons (Fsp3) is 0.455. The first-order chi connectivity index (χ1) is 7.50. The lowest BCUT2D eigenvalue weighted by Gasteiger charge is -2.16. The zero-order chi connectivity index (χ0) is 12.1. The number of nitrogens with two attached hydrogens (primary N) is 1. The maximum absolute atomic E-state index is 10.9. The molecule has 5 nitrogen and oxygen atoms in total. The minimum absolute atomic E-state index is 0.0272. The quantitative estimate of drug-likeness (QED) is 0.785. The molecule has 16 heavy (non-hydrogen) atoms. The molecule has 0 fully saturated rings. The molecule has 0 aliphatic carbocycles. The molecule has 0 aliphatic heterocycles. The van der Waals surface area contributed by atoms with Gasteiger partial charge in [0.25, 0.3) is 0 Å². The van der Waals surface area contributed by atoms with E-state index in [0.717, 1.165) is 0 Å². The Kier molecular flexibility index (Phi) is 4.10. The van der Waals surface area contributed by atoms with E-state index in [1.54, 1.807) is 25.3 Å². The Morgan fingerprint density at radius 2 is 2.19 bits per heavy atom. The van der Waals surface area contributed by atoms with Crippen molar-refractivity contribution in [2.45, 2.75) is 32.9 Å². The average Bonchev–Trinajstić information content (AvgIpc) is 2.20. The fourth-order valence-corrected chi connectivity index (χ4v) is 1.12. The summed E-state index contributed by atoms with van der Waals surface area (Å²) in [6.45, 7) is 5.51. The number of primary amides is 1. The maximum atomic E-state index is 10.9. The van der Waals surface area contributed by atoms with E-state index in [1.165, 1.54) is 0 Å². The lowest BCUT2D eigenvalue weighted by Crippen LogP contribution is -2.32. The summed E-state index contributed by atoms with van der Waals surface area (Å²) < 4.78 is 5.50. The van der Waals surface area contributed by atoms with E-state index in [4.69, 9.17) is 10.5 Å².